The van der Waals surface area contributed by atoms with Gasteiger partial charge in [0.25, 0.3) is 0 Å². The number of hydrogen-bond acceptors (Lipinski definition) is 2. The van der Waals surface area contributed by atoms with E-state index in [0.717, 1.165) is 12.2 Å². The standard InChI is InChI=1S/C12H12O2/c1-9-12(13)8-11(14-9)7-10-5-3-2-4-6-10/h2-6,8,13H,7H2,1H3. The van der Waals surface area contributed by atoms with Crippen molar-refractivity contribution in [2.24, 2.45) is 0 Å². The van der Waals surface area contributed by atoms with Crippen LogP contribution in [0.2, 0.25) is 0 Å². The maximum Gasteiger partial charge on any atom is 0.156 e. The van der Waals surface area contributed by atoms with E-state index in [1.54, 1.807) is 13.0 Å². The van der Waals surface area contributed by atoms with Crippen molar-refractivity contribution < 1.29 is 9.52 Å². The lowest BCUT2D eigenvalue weighted by atomic mass is 10.1. The summed E-state index contributed by atoms with van der Waals surface area (Å²) in [5, 5.41) is 9.32. The Morgan fingerprint density at radius 3 is 2.50 bits per heavy atom. The van der Waals surface area contributed by atoms with Crippen LogP contribution in [0.5, 0.6) is 5.75 Å². The van der Waals surface area contributed by atoms with Gasteiger partial charge in [-0.2, -0.15) is 0 Å². The molecule has 1 aromatic carbocycles. The van der Waals surface area contributed by atoms with Crippen LogP contribution in [-0.4, -0.2) is 5.11 Å². The van der Waals surface area contributed by atoms with E-state index >= 15 is 0 Å². The normalized spacial score (nSPS) is 10.4. The largest absolute Gasteiger partial charge is 0.504 e. The van der Waals surface area contributed by atoms with Crippen molar-refractivity contribution >= 4 is 0 Å². The molecule has 1 heterocycles. The van der Waals surface area contributed by atoms with Crippen molar-refractivity contribution in [1.82, 2.24) is 0 Å². The van der Waals surface area contributed by atoms with Gasteiger partial charge in [-0.05, 0) is 12.5 Å². The quantitative estimate of drug-likeness (QED) is 0.786. The molecule has 14 heavy (non-hydrogen) atoms. The highest BCUT2D eigenvalue weighted by Gasteiger charge is 2.05. The molecule has 0 saturated carbocycles. The fraction of sp³-hybridized carbons (Fsp3) is 0.167. The van der Waals surface area contributed by atoms with Crippen molar-refractivity contribution in [2.75, 3.05) is 0 Å². The van der Waals surface area contributed by atoms with Gasteiger partial charge >= 0.3 is 0 Å². The topological polar surface area (TPSA) is 33.4 Å². The molecule has 72 valence electrons. The predicted octanol–water partition coefficient (Wildman–Crippen LogP) is 2.88. The molecular formula is C12H12O2. The fourth-order valence-electron chi connectivity index (χ4n) is 1.42. The highest BCUT2D eigenvalue weighted by atomic mass is 16.4. The minimum atomic E-state index is 0.232. The van der Waals surface area contributed by atoms with Gasteiger partial charge in [0.2, 0.25) is 0 Å². The lowest BCUT2D eigenvalue weighted by molar-refractivity contribution is 0.435. The highest BCUT2D eigenvalue weighted by Crippen LogP contribution is 2.22. The van der Waals surface area contributed by atoms with Crippen LogP contribution in [-0.2, 0) is 6.42 Å². The van der Waals surface area contributed by atoms with Gasteiger partial charge in [-0.15, -0.1) is 0 Å². The first-order valence-electron chi connectivity index (χ1n) is 4.58. The van der Waals surface area contributed by atoms with E-state index in [1.807, 2.05) is 30.3 Å². The second kappa shape index (κ2) is 3.58. The molecule has 2 aromatic rings. The molecule has 1 aromatic heterocycles. The molecule has 0 amide bonds. The van der Waals surface area contributed by atoms with Gasteiger partial charge in [0, 0.05) is 12.5 Å². The Kier molecular flexibility index (Phi) is 2.27. The van der Waals surface area contributed by atoms with Gasteiger partial charge in [0.15, 0.2) is 5.75 Å². The Morgan fingerprint density at radius 2 is 1.93 bits per heavy atom. The molecule has 0 bridgehead atoms. The van der Waals surface area contributed by atoms with Gasteiger partial charge in [0.05, 0.1) is 0 Å². The summed E-state index contributed by atoms with van der Waals surface area (Å²) in [6.45, 7) is 1.75. The number of benzene rings is 1. The van der Waals surface area contributed by atoms with E-state index in [-0.39, 0.29) is 5.75 Å². The maximum absolute atomic E-state index is 9.32. The molecule has 0 spiro atoms. The van der Waals surface area contributed by atoms with E-state index in [2.05, 4.69) is 0 Å². The first-order valence-corrected chi connectivity index (χ1v) is 4.58. The van der Waals surface area contributed by atoms with Gasteiger partial charge in [-0.3, -0.25) is 0 Å². The number of rotatable bonds is 2. The SMILES string of the molecule is Cc1oc(Cc2ccccc2)cc1O. The average molecular weight is 188 g/mol. The van der Waals surface area contributed by atoms with Crippen LogP contribution in [0.4, 0.5) is 0 Å². The molecule has 1 N–H and O–H groups in total. The Hall–Kier alpha value is -1.70. The summed E-state index contributed by atoms with van der Waals surface area (Å²) in [7, 11) is 0. The lowest BCUT2D eigenvalue weighted by Crippen LogP contribution is -1.83. The third kappa shape index (κ3) is 1.79. The zero-order valence-corrected chi connectivity index (χ0v) is 8.03. The zero-order valence-electron chi connectivity index (χ0n) is 8.03. The van der Waals surface area contributed by atoms with Crippen LogP contribution in [0.15, 0.2) is 40.8 Å². The van der Waals surface area contributed by atoms with Crippen LogP contribution in [0.25, 0.3) is 0 Å². The number of hydrogen-bond donors (Lipinski definition) is 1. The molecule has 0 aliphatic heterocycles. The smallest absolute Gasteiger partial charge is 0.156 e. The summed E-state index contributed by atoms with van der Waals surface area (Å²) < 4.78 is 5.37. The number of aryl methyl sites for hydroxylation is 1. The summed E-state index contributed by atoms with van der Waals surface area (Å²) in [5.41, 5.74) is 1.18. The third-order valence-corrected chi connectivity index (χ3v) is 2.16. The van der Waals surface area contributed by atoms with Crippen molar-refractivity contribution in [1.29, 1.82) is 0 Å². The van der Waals surface area contributed by atoms with E-state index in [0.29, 0.717) is 5.76 Å². The van der Waals surface area contributed by atoms with E-state index < -0.39 is 0 Å². The Labute approximate surface area is 82.8 Å². The van der Waals surface area contributed by atoms with E-state index in [9.17, 15) is 5.11 Å². The first kappa shape index (κ1) is 8.88. The van der Waals surface area contributed by atoms with Gasteiger partial charge in [0.1, 0.15) is 11.5 Å². The predicted molar refractivity (Wildman–Crippen MR) is 54.4 cm³/mol. The van der Waals surface area contributed by atoms with Gasteiger partial charge in [-0.1, -0.05) is 30.3 Å². The molecule has 0 unspecified atom stereocenters. The second-order valence-corrected chi connectivity index (χ2v) is 3.32. The molecule has 2 nitrogen and oxygen atoms in total. The van der Waals surface area contributed by atoms with Gasteiger partial charge in [-0.25, -0.2) is 0 Å². The molecule has 0 radical (unpaired) electrons. The molecule has 0 aliphatic carbocycles. The summed E-state index contributed by atoms with van der Waals surface area (Å²) >= 11 is 0. The molecule has 0 atom stereocenters. The van der Waals surface area contributed by atoms with Crippen molar-refractivity contribution in [3.63, 3.8) is 0 Å². The van der Waals surface area contributed by atoms with Crippen LogP contribution < -0.4 is 0 Å². The van der Waals surface area contributed by atoms with E-state index in [4.69, 9.17) is 4.42 Å². The van der Waals surface area contributed by atoms with Gasteiger partial charge < -0.3 is 9.52 Å². The summed E-state index contributed by atoms with van der Waals surface area (Å²) in [4.78, 5) is 0. The summed E-state index contributed by atoms with van der Waals surface area (Å²) in [5.74, 6) is 1.61. The monoisotopic (exact) mass is 188 g/mol. The van der Waals surface area contributed by atoms with Crippen molar-refractivity contribution in [2.45, 2.75) is 13.3 Å². The third-order valence-electron chi connectivity index (χ3n) is 2.16. The molecular weight excluding hydrogens is 176 g/mol. The summed E-state index contributed by atoms with van der Waals surface area (Å²) in [6.07, 6.45) is 0.724. The molecule has 0 aliphatic rings. The molecule has 0 fully saturated rings. The Bertz CT molecular complexity index is 396. The minimum Gasteiger partial charge on any atom is -0.504 e. The molecule has 2 heteroatoms. The Morgan fingerprint density at radius 1 is 1.21 bits per heavy atom. The fourth-order valence-corrected chi connectivity index (χ4v) is 1.42. The first-order chi connectivity index (χ1) is 6.75. The van der Waals surface area contributed by atoms with Crippen LogP contribution in [0.1, 0.15) is 17.1 Å². The second-order valence-electron chi connectivity index (χ2n) is 3.32. The minimum absolute atomic E-state index is 0.232. The molecule has 2 rings (SSSR count). The van der Waals surface area contributed by atoms with Crippen LogP contribution >= 0.6 is 0 Å². The zero-order chi connectivity index (χ0) is 9.97. The average Bonchev–Trinajstić information content (AvgIpc) is 2.47. The van der Waals surface area contributed by atoms with Crippen molar-refractivity contribution in [3.05, 3.63) is 53.5 Å². The number of aromatic hydroxyl groups is 1. The maximum atomic E-state index is 9.32. The molecule has 0 saturated heterocycles. The lowest BCUT2D eigenvalue weighted by Gasteiger charge is -1.96. The van der Waals surface area contributed by atoms with Crippen molar-refractivity contribution in [3.8, 4) is 5.75 Å². The van der Waals surface area contributed by atoms with Crippen LogP contribution in [0.3, 0.4) is 0 Å². The number of furan rings is 1. The summed E-state index contributed by atoms with van der Waals surface area (Å²) in [6, 6.07) is 11.7. The van der Waals surface area contributed by atoms with E-state index in [1.165, 1.54) is 5.56 Å². The Balaban J connectivity index is 2.19. The van der Waals surface area contributed by atoms with Crippen LogP contribution in [0, 0.1) is 6.92 Å². The highest BCUT2D eigenvalue weighted by molar-refractivity contribution is 5.29.